The number of hydrogen-bond acceptors (Lipinski definition) is 4. The molecule has 3 N–H and O–H groups in total. The molecular formula is C20H31N5. The van der Waals surface area contributed by atoms with Crippen LogP contribution >= 0.6 is 0 Å². The molecule has 0 saturated carbocycles. The molecule has 2 atom stereocenters. The van der Waals surface area contributed by atoms with Crippen LogP contribution in [0.5, 0.6) is 0 Å². The highest BCUT2D eigenvalue weighted by Crippen LogP contribution is 2.28. The summed E-state index contributed by atoms with van der Waals surface area (Å²) in [6.45, 7) is 3.98. The highest BCUT2D eigenvalue weighted by molar-refractivity contribution is 5.25. The molecule has 0 spiro atoms. The first kappa shape index (κ1) is 18.1. The quantitative estimate of drug-likeness (QED) is 0.736. The first-order chi connectivity index (χ1) is 12.3. The number of nitrogens with zero attached hydrogens (tertiary/aromatic N) is 3. The number of nitrogens with one attached hydrogen (secondary N) is 1. The first-order valence-electron chi connectivity index (χ1n) is 9.71. The number of fused-ring (bicyclic) bond motifs is 1. The van der Waals surface area contributed by atoms with Crippen LogP contribution in [0.4, 0.5) is 0 Å². The lowest BCUT2D eigenvalue weighted by Gasteiger charge is -2.30. The van der Waals surface area contributed by atoms with Gasteiger partial charge in [-0.3, -0.25) is 4.98 Å². The molecule has 0 saturated heterocycles. The Morgan fingerprint density at radius 1 is 1.36 bits per heavy atom. The summed E-state index contributed by atoms with van der Waals surface area (Å²) in [6, 6.07) is 5.01. The summed E-state index contributed by atoms with van der Waals surface area (Å²) in [4.78, 5) is 9.27. The molecule has 136 valence electrons. The number of rotatable bonds is 9. The van der Waals surface area contributed by atoms with Gasteiger partial charge in [0.15, 0.2) is 0 Å². The second kappa shape index (κ2) is 9.11. The summed E-state index contributed by atoms with van der Waals surface area (Å²) in [5, 5.41) is 3.88. The van der Waals surface area contributed by atoms with Crippen molar-refractivity contribution in [3.63, 3.8) is 0 Å². The number of imidazole rings is 1. The summed E-state index contributed by atoms with van der Waals surface area (Å²) < 4.78 is 2.28. The Balaban J connectivity index is 1.72. The molecule has 5 nitrogen and oxygen atoms in total. The first-order valence-corrected chi connectivity index (χ1v) is 9.71. The fourth-order valence-electron chi connectivity index (χ4n) is 3.86. The van der Waals surface area contributed by atoms with Gasteiger partial charge >= 0.3 is 0 Å². The maximum Gasteiger partial charge on any atom is 0.110 e. The van der Waals surface area contributed by atoms with E-state index in [1.807, 2.05) is 12.4 Å². The third kappa shape index (κ3) is 4.67. The molecule has 25 heavy (non-hydrogen) atoms. The molecule has 0 aliphatic heterocycles. The second-order valence-electron chi connectivity index (χ2n) is 7.03. The number of pyridine rings is 1. The molecule has 2 heterocycles. The summed E-state index contributed by atoms with van der Waals surface area (Å²) in [6.07, 6.45) is 13.7. The van der Waals surface area contributed by atoms with E-state index in [1.165, 1.54) is 23.5 Å². The lowest BCUT2D eigenvalue weighted by atomic mass is 9.90. The average molecular weight is 342 g/mol. The zero-order chi connectivity index (χ0) is 17.5. The van der Waals surface area contributed by atoms with Crippen LogP contribution < -0.4 is 11.1 Å². The molecule has 0 bridgehead atoms. The summed E-state index contributed by atoms with van der Waals surface area (Å²) in [7, 11) is 0. The van der Waals surface area contributed by atoms with E-state index in [0.29, 0.717) is 12.1 Å². The Kier molecular flexibility index (Phi) is 6.59. The van der Waals surface area contributed by atoms with Crippen molar-refractivity contribution in [1.82, 2.24) is 19.9 Å². The van der Waals surface area contributed by atoms with Crippen molar-refractivity contribution in [2.75, 3.05) is 6.54 Å². The van der Waals surface area contributed by atoms with E-state index in [4.69, 9.17) is 5.73 Å². The van der Waals surface area contributed by atoms with Crippen molar-refractivity contribution in [3.8, 4) is 0 Å². The minimum Gasteiger partial charge on any atom is -0.335 e. The van der Waals surface area contributed by atoms with Gasteiger partial charge in [-0.2, -0.15) is 0 Å². The Hall–Kier alpha value is -1.72. The summed E-state index contributed by atoms with van der Waals surface area (Å²) in [5.41, 5.74) is 8.42. The van der Waals surface area contributed by atoms with Crippen LogP contribution in [0, 0.1) is 0 Å². The van der Waals surface area contributed by atoms with E-state index < -0.39 is 0 Å². The number of aromatic nitrogens is 3. The maximum atomic E-state index is 5.78. The van der Waals surface area contributed by atoms with Gasteiger partial charge in [0.05, 0.1) is 5.69 Å². The van der Waals surface area contributed by atoms with Crippen LogP contribution in [0.15, 0.2) is 30.7 Å². The predicted octanol–water partition coefficient (Wildman–Crippen LogP) is 3.01. The van der Waals surface area contributed by atoms with Crippen molar-refractivity contribution in [2.24, 2.45) is 5.73 Å². The fourth-order valence-corrected chi connectivity index (χ4v) is 3.86. The smallest absolute Gasteiger partial charge is 0.110 e. The zero-order valence-corrected chi connectivity index (χ0v) is 15.3. The number of hydrogen-bond donors (Lipinski definition) is 2. The van der Waals surface area contributed by atoms with Gasteiger partial charge in [0.1, 0.15) is 5.82 Å². The fraction of sp³-hybridized carbons (Fsp3) is 0.600. The minimum absolute atomic E-state index is 0.349. The molecule has 0 amide bonds. The monoisotopic (exact) mass is 341 g/mol. The molecule has 1 aliphatic carbocycles. The van der Waals surface area contributed by atoms with Crippen molar-refractivity contribution in [2.45, 2.75) is 70.5 Å². The van der Waals surface area contributed by atoms with Crippen LogP contribution in [0.25, 0.3) is 0 Å². The highest BCUT2D eigenvalue weighted by Gasteiger charge is 2.24. The van der Waals surface area contributed by atoms with Gasteiger partial charge in [-0.1, -0.05) is 13.0 Å². The van der Waals surface area contributed by atoms with E-state index >= 15 is 0 Å². The standard InChI is InChI=1S/C20H31N5/c1-2-13-25-14-12-22-19(25)15-17(8-4-10-21)24-18-9-3-6-16-7-5-11-23-20(16)18/h5,7,11-12,14,17-18,24H,2-4,6,8-10,13,15,21H2,1H3. The van der Waals surface area contributed by atoms with Crippen LogP contribution in [-0.2, 0) is 19.4 Å². The Bertz CT molecular complexity index is 651. The molecule has 0 radical (unpaired) electrons. The SMILES string of the molecule is CCCn1ccnc1CC(CCCN)NC1CCCc2cccnc21. The predicted molar refractivity (Wildman–Crippen MR) is 101 cm³/mol. The van der Waals surface area contributed by atoms with E-state index in [9.17, 15) is 0 Å². The van der Waals surface area contributed by atoms with Gasteiger partial charge in [0.2, 0.25) is 0 Å². The molecule has 0 fully saturated rings. The molecule has 2 aromatic rings. The molecule has 5 heteroatoms. The molecule has 3 rings (SSSR count). The zero-order valence-electron chi connectivity index (χ0n) is 15.3. The minimum atomic E-state index is 0.349. The van der Waals surface area contributed by atoms with E-state index in [-0.39, 0.29) is 0 Å². The molecule has 2 aromatic heterocycles. The van der Waals surface area contributed by atoms with Crippen LogP contribution in [0.2, 0.25) is 0 Å². The third-order valence-electron chi connectivity index (χ3n) is 5.08. The topological polar surface area (TPSA) is 68.8 Å². The average Bonchev–Trinajstić information content (AvgIpc) is 3.07. The second-order valence-corrected chi connectivity index (χ2v) is 7.03. The highest BCUT2D eigenvalue weighted by atomic mass is 15.1. The van der Waals surface area contributed by atoms with Crippen LogP contribution in [-0.4, -0.2) is 27.1 Å². The lowest BCUT2D eigenvalue weighted by Crippen LogP contribution is -2.37. The van der Waals surface area contributed by atoms with Gasteiger partial charge in [-0.05, 0) is 56.7 Å². The molecular weight excluding hydrogens is 310 g/mol. The van der Waals surface area contributed by atoms with Gasteiger partial charge in [-0.15, -0.1) is 0 Å². The van der Waals surface area contributed by atoms with Crippen molar-refractivity contribution >= 4 is 0 Å². The lowest BCUT2D eigenvalue weighted by molar-refractivity contribution is 0.360. The van der Waals surface area contributed by atoms with Crippen molar-refractivity contribution in [1.29, 1.82) is 0 Å². The molecule has 0 aromatic carbocycles. The Morgan fingerprint density at radius 3 is 3.12 bits per heavy atom. The van der Waals surface area contributed by atoms with Crippen molar-refractivity contribution in [3.05, 3.63) is 47.8 Å². The number of aryl methyl sites for hydroxylation is 2. The van der Waals surface area contributed by atoms with Crippen LogP contribution in [0.1, 0.15) is 62.2 Å². The Morgan fingerprint density at radius 2 is 2.28 bits per heavy atom. The van der Waals surface area contributed by atoms with E-state index in [0.717, 1.165) is 51.6 Å². The molecule has 2 unspecified atom stereocenters. The number of nitrogens with two attached hydrogens (primary N) is 1. The van der Waals surface area contributed by atoms with Gasteiger partial charge in [0.25, 0.3) is 0 Å². The van der Waals surface area contributed by atoms with Crippen LogP contribution in [0.3, 0.4) is 0 Å². The van der Waals surface area contributed by atoms with Gasteiger partial charge < -0.3 is 15.6 Å². The van der Waals surface area contributed by atoms with E-state index in [1.54, 1.807) is 0 Å². The Labute approximate surface area is 151 Å². The van der Waals surface area contributed by atoms with Gasteiger partial charge in [0, 0.05) is 43.6 Å². The van der Waals surface area contributed by atoms with E-state index in [2.05, 4.69) is 45.1 Å². The third-order valence-corrected chi connectivity index (χ3v) is 5.08. The van der Waals surface area contributed by atoms with Crippen molar-refractivity contribution < 1.29 is 0 Å². The summed E-state index contributed by atoms with van der Waals surface area (Å²) >= 11 is 0. The largest absolute Gasteiger partial charge is 0.335 e. The molecule has 1 aliphatic rings. The maximum absolute atomic E-state index is 5.78. The summed E-state index contributed by atoms with van der Waals surface area (Å²) in [5.74, 6) is 1.17. The normalized spacial score (nSPS) is 18.1. The van der Waals surface area contributed by atoms with Gasteiger partial charge in [-0.25, -0.2) is 4.98 Å².